The van der Waals surface area contributed by atoms with E-state index in [1.165, 1.54) is 31.0 Å². The maximum atomic E-state index is 5.66. The molecule has 0 aromatic carbocycles. The molecule has 1 aliphatic heterocycles. The molecule has 1 aromatic rings. The molecular weight excluding hydrogens is 222 g/mol. The Morgan fingerprint density at radius 3 is 3.25 bits per heavy atom. The van der Waals surface area contributed by atoms with Crippen molar-refractivity contribution >= 4 is 11.8 Å². The molecule has 1 aliphatic rings. The first-order valence-corrected chi connectivity index (χ1v) is 6.84. The first-order chi connectivity index (χ1) is 7.88. The van der Waals surface area contributed by atoms with E-state index in [2.05, 4.69) is 15.3 Å². The number of aromatic nitrogens is 2. The number of nitrogens with zero attached hydrogens (tertiary/aromatic N) is 2. The molecule has 1 N–H and O–H groups in total. The summed E-state index contributed by atoms with van der Waals surface area (Å²) in [5.41, 5.74) is 0. The summed E-state index contributed by atoms with van der Waals surface area (Å²) in [6.07, 6.45) is 7.46. The van der Waals surface area contributed by atoms with Crippen LogP contribution in [0.2, 0.25) is 0 Å². The van der Waals surface area contributed by atoms with Crippen LogP contribution in [0.1, 0.15) is 19.3 Å². The molecule has 88 valence electrons. The van der Waals surface area contributed by atoms with Crippen LogP contribution in [0, 0.1) is 0 Å². The summed E-state index contributed by atoms with van der Waals surface area (Å²) in [6, 6.07) is 2.28. The zero-order chi connectivity index (χ0) is 11.2. The van der Waals surface area contributed by atoms with E-state index in [1.807, 2.05) is 12.3 Å². The van der Waals surface area contributed by atoms with Gasteiger partial charge in [-0.25, -0.2) is 4.98 Å². The van der Waals surface area contributed by atoms with Crippen molar-refractivity contribution in [2.45, 2.75) is 30.5 Å². The minimum absolute atomic E-state index is 0.474. The summed E-state index contributed by atoms with van der Waals surface area (Å²) in [5.74, 6) is 0.673. The third-order valence-electron chi connectivity index (χ3n) is 2.64. The van der Waals surface area contributed by atoms with E-state index in [0.717, 1.165) is 11.7 Å². The fourth-order valence-corrected chi connectivity index (χ4v) is 2.10. The molecule has 0 aliphatic carbocycles. The third kappa shape index (κ3) is 3.35. The Kier molecular flexibility index (Phi) is 4.42. The van der Waals surface area contributed by atoms with Crippen LogP contribution >= 0.6 is 11.8 Å². The van der Waals surface area contributed by atoms with Gasteiger partial charge in [0.15, 0.2) is 5.16 Å². The van der Waals surface area contributed by atoms with Crippen molar-refractivity contribution in [1.29, 1.82) is 0 Å². The van der Waals surface area contributed by atoms with Gasteiger partial charge in [0, 0.05) is 18.3 Å². The summed E-state index contributed by atoms with van der Waals surface area (Å²) in [7, 11) is 0. The molecule has 2 heterocycles. The number of thioether (sulfide) groups is 1. The predicted molar refractivity (Wildman–Crippen MR) is 64.9 cm³/mol. The van der Waals surface area contributed by atoms with Crippen molar-refractivity contribution in [3.05, 3.63) is 12.3 Å². The fraction of sp³-hybridized carbons (Fsp3) is 0.636. The molecule has 0 bridgehead atoms. The molecule has 0 radical (unpaired) electrons. The Hall–Kier alpha value is -0.810. The van der Waals surface area contributed by atoms with Crippen molar-refractivity contribution in [2.24, 2.45) is 0 Å². The minimum Gasteiger partial charge on any atom is -0.476 e. The number of piperidine rings is 1. The maximum absolute atomic E-state index is 5.66. The highest BCUT2D eigenvalue weighted by Gasteiger charge is 2.13. The molecule has 0 amide bonds. The average molecular weight is 239 g/mol. The second-order valence-corrected chi connectivity index (χ2v) is 4.61. The summed E-state index contributed by atoms with van der Waals surface area (Å²) < 4.78 is 5.66. The Morgan fingerprint density at radius 2 is 2.50 bits per heavy atom. The zero-order valence-electron chi connectivity index (χ0n) is 9.48. The molecular formula is C11H17N3OS. The molecule has 1 aromatic heterocycles. The van der Waals surface area contributed by atoms with Gasteiger partial charge in [0.25, 0.3) is 0 Å². The molecule has 0 unspecified atom stereocenters. The van der Waals surface area contributed by atoms with Crippen molar-refractivity contribution in [2.75, 3.05) is 19.4 Å². The van der Waals surface area contributed by atoms with Gasteiger partial charge in [0.1, 0.15) is 6.61 Å². The molecule has 1 saturated heterocycles. The third-order valence-corrected chi connectivity index (χ3v) is 3.20. The smallest absolute Gasteiger partial charge is 0.217 e. The van der Waals surface area contributed by atoms with Gasteiger partial charge in [-0.05, 0) is 25.6 Å². The van der Waals surface area contributed by atoms with Crippen LogP contribution in [0.3, 0.4) is 0 Å². The van der Waals surface area contributed by atoms with Crippen molar-refractivity contribution in [3.8, 4) is 5.88 Å². The van der Waals surface area contributed by atoms with Crippen LogP contribution in [0.25, 0.3) is 0 Å². The minimum atomic E-state index is 0.474. The normalized spacial score (nSPS) is 20.7. The van der Waals surface area contributed by atoms with Gasteiger partial charge in [0.2, 0.25) is 5.88 Å². The monoisotopic (exact) mass is 239 g/mol. The molecule has 16 heavy (non-hydrogen) atoms. The Morgan fingerprint density at radius 1 is 1.56 bits per heavy atom. The standard InChI is InChI=1S/C11H17N3OS/c1-16-11-13-7-5-10(14-11)15-8-9-4-2-3-6-12-9/h5,7,9,12H,2-4,6,8H2,1H3/t9-/m1/s1. The molecule has 0 saturated carbocycles. The first kappa shape index (κ1) is 11.7. The lowest BCUT2D eigenvalue weighted by Crippen LogP contribution is -2.38. The highest BCUT2D eigenvalue weighted by Crippen LogP contribution is 2.14. The molecule has 2 rings (SSSR count). The van der Waals surface area contributed by atoms with Crippen molar-refractivity contribution in [1.82, 2.24) is 15.3 Å². The Balaban J connectivity index is 1.83. The lowest BCUT2D eigenvalue weighted by molar-refractivity contribution is 0.230. The second kappa shape index (κ2) is 6.06. The van der Waals surface area contributed by atoms with E-state index in [1.54, 1.807) is 6.20 Å². The van der Waals surface area contributed by atoms with Gasteiger partial charge >= 0.3 is 0 Å². The van der Waals surface area contributed by atoms with Gasteiger partial charge in [-0.15, -0.1) is 0 Å². The molecule has 1 fully saturated rings. The van der Waals surface area contributed by atoms with E-state index < -0.39 is 0 Å². The van der Waals surface area contributed by atoms with Crippen LogP contribution in [-0.2, 0) is 0 Å². The van der Waals surface area contributed by atoms with Crippen molar-refractivity contribution in [3.63, 3.8) is 0 Å². The second-order valence-electron chi connectivity index (χ2n) is 3.84. The van der Waals surface area contributed by atoms with Gasteiger partial charge in [-0.2, -0.15) is 4.98 Å². The summed E-state index contributed by atoms with van der Waals surface area (Å²) >= 11 is 1.53. The van der Waals surface area contributed by atoms with E-state index in [-0.39, 0.29) is 0 Å². The summed E-state index contributed by atoms with van der Waals surface area (Å²) in [6.45, 7) is 1.80. The SMILES string of the molecule is CSc1nccc(OC[C@H]2CCCCN2)n1. The molecule has 5 heteroatoms. The van der Waals surface area contributed by atoms with Crippen LogP contribution in [-0.4, -0.2) is 35.4 Å². The molecule has 4 nitrogen and oxygen atoms in total. The lowest BCUT2D eigenvalue weighted by Gasteiger charge is -2.23. The largest absolute Gasteiger partial charge is 0.476 e. The van der Waals surface area contributed by atoms with Crippen LogP contribution in [0.5, 0.6) is 5.88 Å². The van der Waals surface area contributed by atoms with E-state index >= 15 is 0 Å². The number of ether oxygens (including phenoxy) is 1. The fourth-order valence-electron chi connectivity index (χ4n) is 1.76. The number of hydrogen-bond acceptors (Lipinski definition) is 5. The molecule has 1 atom stereocenters. The first-order valence-electron chi connectivity index (χ1n) is 5.61. The highest BCUT2D eigenvalue weighted by atomic mass is 32.2. The summed E-state index contributed by atoms with van der Waals surface area (Å²) in [4.78, 5) is 8.39. The van der Waals surface area contributed by atoms with Crippen LogP contribution in [0.15, 0.2) is 17.4 Å². The van der Waals surface area contributed by atoms with E-state index in [4.69, 9.17) is 4.74 Å². The average Bonchev–Trinajstić information content (AvgIpc) is 2.38. The van der Waals surface area contributed by atoms with Gasteiger partial charge in [0.05, 0.1) is 0 Å². The van der Waals surface area contributed by atoms with E-state index in [9.17, 15) is 0 Å². The van der Waals surface area contributed by atoms with Gasteiger partial charge in [-0.1, -0.05) is 18.2 Å². The number of nitrogens with one attached hydrogen (secondary N) is 1. The maximum Gasteiger partial charge on any atom is 0.217 e. The number of rotatable bonds is 4. The van der Waals surface area contributed by atoms with Gasteiger partial charge < -0.3 is 10.1 Å². The summed E-state index contributed by atoms with van der Waals surface area (Å²) in [5, 5.41) is 4.20. The number of hydrogen-bond donors (Lipinski definition) is 1. The quantitative estimate of drug-likeness (QED) is 0.640. The van der Waals surface area contributed by atoms with Crippen LogP contribution in [0.4, 0.5) is 0 Å². The lowest BCUT2D eigenvalue weighted by atomic mass is 10.1. The predicted octanol–water partition coefficient (Wildman–Crippen LogP) is 1.72. The van der Waals surface area contributed by atoms with E-state index in [0.29, 0.717) is 18.5 Å². The van der Waals surface area contributed by atoms with Gasteiger partial charge in [-0.3, -0.25) is 0 Å². The Bertz CT molecular complexity index is 329. The topological polar surface area (TPSA) is 47.0 Å². The van der Waals surface area contributed by atoms with Crippen LogP contribution < -0.4 is 10.1 Å². The Labute approximate surface area is 100 Å². The molecule has 0 spiro atoms. The highest BCUT2D eigenvalue weighted by molar-refractivity contribution is 7.98. The van der Waals surface area contributed by atoms with Crippen molar-refractivity contribution < 1.29 is 4.74 Å². The zero-order valence-corrected chi connectivity index (χ0v) is 10.3.